The minimum absolute atomic E-state index is 0.0756. The fourth-order valence-corrected chi connectivity index (χ4v) is 4.90. The minimum atomic E-state index is -0.432. The van der Waals surface area contributed by atoms with E-state index in [0.29, 0.717) is 17.7 Å². The molecular formula is C28H22F2N2O3. The van der Waals surface area contributed by atoms with Crippen molar-refractivity contribution in [2.45, 2.75) is 18.0 Å². The van der Waals surface area contributed by atoms with Gasteiger partial charge in [0, 0.05) is 29.2 Å². The first-order valence-corrected chi connectivity index (χ1v) is 11.3. The molecule has 2 fully saturated rings. The van der Waals surface area contributed by atoms with E-state index in [9.17, 15) is 23.5 Å². The first kappa shape index (κ1) is 22.8. The Bertz CT molecular complexity index is 1310. The first-order valence-electron chi connectivity index (χ1n) is 11.3. The van der Waals surface area contributed by atoms with Gasteiger partial charge >= 0.3 is 0 Å². The van der Waals surface area contributed by atoms with Crippen LogP contribution in [0.4, 0.5) is 8.78 Å². The molecule has 7 heteroatoms. The lowest BCUT2D eigenvalue weighted by Crippen LogP contribution is -2.73. The Balaban J connectivity index is 1.34. The van der Waals surface area contributed by atoms with E-state index in [1.807, 2.05) is 24.3 Å². The normalized spacial score (nSPS) is 21.0. The Kier molecular flexibility index (Phi) is 6.06. The number of carbonyl (C=O) groups is 2. The van der Waals surface area contributed by atoms with E-state index >= 15 is 0 Å². The smallest absolute Gasteiger partial charge is 0.254 e. The number of aliphatic hydroxyl groups excluding tert-OH is 1. The predicted molar refractivity (Wildman–Crippen MR) is 125 cm³/mol. The van der Waals surface area contributed by atoms with Gasteiger partial charge in [0.1, 0.15) is 18.2 Å². The molecule has 5 rings (SSSR count). The van der Waals surface area contributed by atoms with Gasteiger partial charge in [0.2, 0.25) is 5.91 Å². The molecule has 35 heavy (non-hydrogen) atoms. The lowest BCUT2D eigenvalue weighted by atomic mass is 9.73. The molecule has 176 valence electrons. The van der Waals surface area contributed by atoms with E-state index in [4.69, 9.17) is 0 Å². The van der Waals surface area contributed by atoms with Crippen molar-refractivity contribution in [3.05, 3.63) is 107 Å². The van der Waals surface area contributed by atoms with Crippen LogP contribution in [0.1, 0.15) is 33.0 Å². The number of fused-ring (bicyclic) bond motifs is 1. The van der Waals surface area contributed by atoms with Gasteiger partial charge in [-0.05, 0) is 66.2 Å². The third-order valence-electron chi connectivity index (χ3n) is 6.62. The van der Waals surface area contributed by atoms with Crippen molar-refractivity contribution < 1.29 is 23.5 Å². The summed E-state index contributed by atoms with van der Waals surface area (Å²) in [7, 11) is 0. The average Bonchev–Trinajstić information content (AvgIpc) is 2.85. The van der Waals surface area contributed by atoms with Gasteiger partial charge in [0.05, 0.1) is 18.7 Å². The van der Waals surface area contributed by atoms with Crippen LogP contribution in [-0.2, 0) is 4.79 Å². The van der Waals surface area contributed by atoms with Crippen molar-refractivity contribution in [3.63, 3.8) is 0 Å². The molecule has 2 aliphatic heterocycles. The van der Waals surface area contributed by atoms with Crippen LogP contribution in [0.3, 0.4) is 0 Å². The van der Waals surface area contributed by atoms with Crippen molar-refractivity contribution in [1.82, 2.24) is 9.80 Å². The second-order valence-corrected chi connectivity index (χ2v) is 8.72. The zero-order valence-corrected chi connectivity index (χ0v) is 18.7. The summed E-state index contributed by atoms with van der Waals surface area (Å²) in [4.78, 5) is 28.9. The topological polar surface area (TPSA) is 60.9 Å². The molecule has 0 radical (unpaired) electrons. The monoisotopic (exact) mass is 472 g/mol. The SMILES string of the molecule is O=C(c1ccc(F)cc1)N1CC(=O)N2[C@H](CO)[C@@H](c3ccc(C#Cc4ccc(F)cc4)cc3)[C@H]2C1. The van der Waals surface area contributed by atoms with Crippen LogP contribution in [0.15, 0.2) is 72.8 Å². The van der Waals surface area contributed by atoms with E-state index in [1.165, 1.54) is 41.3 Å². The molecule has 0 bridgehead atoms. The molecule has 2 aliphatic rings. The highest BCUT2D eigenvalue weighted by Crippen LogP contribution is 2.43. The van der Waals surface area contributed by atoms with Crippen molar-refractivity contribution in [1.29, 1.82) is 0 Å². The van der Waals surface area contributed by atoms with Crippen molar-refractivity contribution >= 4 is 11.8 Å². The van der Waals surface area contributed by atoms with E-state index in [2.05, 4.69) is 11.8 Å². The Labute approximate surface area is 201 Å². The van der Waals surface area contributed by atoms with Gasteiger partial charge in [-0.3, -0.25) is 9.59 Å². The van der Waals surface area contributed by atoms with Gasteiger partial charge in [-0.25, -0.2) is 8.78 Å². The molecule has 0 unspecified atom stereocenters. The van der Waals surface area contributed by atoms with Gasteiger partial charge in [0.25, 0.3) is 5.91 Å². The molecule has 2 saturated heterocycles. The summed E-state index contributed by atoms with van der Waals surface area (Å²) in [6.07, 6.45) is 0. The van der Waals surface area contributed by atoms with Crippen LogP contribution in [0, 0.1) is 23.5 Å². The maximum absolute atomic E-state index is 13.2. The van der Waals surface area contributed by atoms with E-state index in [0.717, 1.165) is 11.1 Å². The maximum Gasteiger partial charge on any atom is 0.254 e. The van der Waals surface area contributed by atoms with Gasteiger partial charge < -0.3 is 14.9 Å². The largest absolute Gasteiger partial charge is 0.394 e. The highest BCUT2D eigenvalue weighted by atomic mass is 19.1. The third kappa shape index (κ3) is 4.41. The number of nitrogens with zero attached hydrogens (tertiary/aromatic N) is 2. The molecule has 3 atom stereocenters. The van der Waals surface area contributed by atoms with Crippen molar-refractivity contribution in [3.8, 4) is 11.8 Å². The third-order valence-corrected chi connectivity index (χ3v) is 6.62. The molecule has 1 N–H and O–H groups in total. The number of hydrogen-bond acceptors (Lipinski definition) is 3. The lowest BCUT2D eigenvalue weighted by molar-refractivity contribution is -0.159. The molecule has 0 aliphatic carbocycles. The quantitative estimate of drug-likeness (QED) is 0.596. The zero-order valence-electron chi connectivity index (χ0n) is 18.7. The van der Waals surface area contributed by atoms with E-state index < -0.39 is 5.82 Å². The molecular weight excluding hydrogens is 450 g/mol. The summed E-state index contributed by atoms with van der Waals surface area (Å²) >= 11 is 0. The number of carbonyl (C=O) groups excluding carboxylic acids is 2. The maximum atomic E-state index is 13.2. The van der Waals surface area contributed by atoms with E-state index in [1.54, 1.807) is 17.0 Å². The number of piperazine rings is 1. The summed E-state index contributed by atoms with van der Waals surface area (Å²) in [5.41, 5.74) is 2.76. The fourth-order valence-electron chi connectivity index (χ4n) is 4.90. The second kappa shape index (κ2) is 9.32. The fraction of sp³-hybridized carbons (Fsp3) is 0.214. The van der Waals surface area contributed by atoms with Crippen LogP contribution in [0.5, 0.6) is 0 Å². The molecule has 0 spiro atoms. The molecule has 3 aromatic carbocycles. The van der Waals surface area contributed by atoms with Gasteiger partial charge in [-0.1, -0.05) is 24.0 Å². The summed E-state index contributed by atoms with van der Waals surface area (Å²) in [6, 6.07) is 18.2. The molecule has 0 aromatic heterocycles. The number of amides is 2. The first-order chi connectivity index (χ1) is 16.9. The number of hydrogen-bond donors (Lipinski definition) is 1. The standard InChI is InChI=1S/C28H22F2N2O3/c29-22-11-5-19(6-12-22)2-1-18-3-7-20(8-4-18)27-24-15-31(16-26(34)32(24)25(27)17-33)28(35)21-9-13-23(30)14-10-21/h3-14,24-25,27,33H,15-17H2/t24-,25-,27+/m1/s1. The number of benzene rings is 3. The van der Waals surface area contributed by atoms with Gasteiger partial charge in [-0.15, -0.1) is 0 Å². The summed E-state index contributed by atoms with van der Waals surface area (Å²) in [5.74, 6) is 4.63. The van der Waals surface area contributed by atoms with Crippen molar-refractivity contribution in [2.24, 2.45) is 0 Å². The van der Waals surface area contributed by atoms with Gasteiger partial charge in [-0.2, -0.15) is 0 Å². The predicted octanol–water partition coefficient (Wildman–Crippen LogP) is 3.18. The Morgan fingerprint density at radius 2 is 1.43 bits per heavy atom. The number of aliphatic hydroxyl groups is 1. The Morgan fingerprint density at radius 1 is 0.886 bits per heavy atom. The Hall–Kier alpha value is -4.02. The molecule has 5 nitrogen and oxygen atoms in total. The van der Waals surface area contributed by atoms with Crippen LogP contribution in [-0.4, -0.2) is 58.5 Å². The molecule has 2 heterocycles. The zero-order chi connectivity index (χ0) is 24.5. The number of rotatable bonds is 3. The molecule has 3 aromatic rings. The minimum Gasteiger partial charge on any atom is -0.394 e. The van der Waals surface area contributed by atoms with Crippen LogP contribution in [0.25, 0.3) is 0 Å². The van der Waals surface area contributed by atoms with Gasteiger partial charge in [0.15, 0.2) is 0 Å². The summed E-state index contributed by atoms with van der Waals surface area (Å²) in [5, 5.41) is 9.98. The highest BCUT2D eigenvalue weighted by molar-refractivity contribution is 5.97. The van der Waals surface area contributed by atoms with Crippen molar-refractivity contribution in [2.75, 3.05) is 19.7 Å². The van der Waals surface area contributed by atoms with Crippen LogP contribution >= 0.6 is 0 Å². The van der Waals surface area contributed by atoms with Crippen LogP contribution < -0.4 is 0 Å². The second-order valence-electron chi connectivity index (χ2n) is 8.72. The number of halogens is 2. The molecule has 2 amide bonds. The summed E-state index contributed by atoms with van der Waals surface area (Å²) < 4.78 is 26.3. The highest BCUT2D eigenvalue weighted by Gasteiger charge is 2.54. The summed E-state index contributed by atoms with van der Waals surface area (Å²) in [6.45, 7) is 0.0774. The average molecular weight is 472 g/mol. The Morgan fingerprint density at radius 3 is 2.00 bits per heavy atom. The van der Waals surface area contributed by atoms with E-state index in [-0.39, 0.29) is 48.8 Å². The lowest BCUT2D eigenvalue weighted by Gasteiger charge is -2.58. The van der Waals surface area contributed by atoms with Crippen LogP contribution in [0.2, 0.25) is 0 Å². The molecule has 0 saturated carbocycles.